The van der Waals surface area contributed by atoms with Crippen LogP contribution in [0.4, 0.5) is 0 Å². The molecule has 9 aromatic carbocycles. The van der Waals surface area contributed by atoms with E-state index >= 15 is 0 Å². The maximum atomic E-state index is 6.74. The molecule has 0 fully saturated rings. The van der Waals surface area contributed by atoms with Crippen LogP contribution in [0.3, 0.4) is 0 Å². The van der Waals surface area contributed by atoms with Crippen LogP contribution < -0.4 is 0 Å². The van der Waals surface area contributed by atoms with E-state index in [-0.39, 0.29) is 11.8 Å². The first kappa shape index (κ1) is 30.5. The predicted molar refractivity (Wildman–Crippen MR) is 228 cm³/mol. The molecule has 2 aliphatic carbocycles. The third-order valence-electron chi connectivity index (χ3n) is 12.2. The van der Waals surface area contributed by atoms with Gasteiger partial charge in [0.05, 0.1) is 0 Å². The van der Waals surface area contributed by atoms with E-state index in [0.717, 1.165) is 16.6 Å². The SMILES string of the molecule is c1ccc(-c2ccc(C3c4ccccc4-c4cc(-c5ccc6c(c5)-c5ccc7c(oc8ccccc87)c5C6c5ccc6ccccc6c5)ccc43)cc2)cc1. The molecule has 0 amide bonds. The summed E-state index contributed by atoms with van der Waals surface area (Å²) >= 11 is 0. The lowest BCUT2D eigenvalue weighted by atomic mass is 9.86. The number of para-hydroxylation sites is 1. The van der Waals surface area contributed by atoms with Crippen LogP contribution in [0.2, 0.25) is 0 Å². The van der Waals surface area contributed by atoms with Gasteiger partial charge in [-0.15, -0.1) is 0 Å². The standard InChI is InChI=1S/C54H34O/c1-2-10-33(11-3-1)35-18-21-36(22-19-35)51-43-16-7-6-14-41(43)48-31-38(24-26-44(48)51)39-25-27-45-49(32-39)46-28-29-47-42-15-8-9-17-50(42)55-54(47)53(46)52(45)40-23-20-34-12-4-5-13-37(34)30-40/h1-32,51-52H. The molecule has 12 rings (SSSR count). The van der Waals surface area contributed by atoms with Gasteiger partial charge >= 0.3 is 0 Å². The minimum atomic E-state index is 0.0638. The molecule has 1 aromatic heterocycles. The van der Waals surface area contributed by atoms with Gasteiger partial charge in [-0.2, -0.15) is 0 Å². The Morgan fingerprint density at radius 3 is 1.78 bits per heavy atom. The number of furan rings is 1. The van der Waals surface area contributed by atoms with Gasteiger partial charge in [-0.3, -0.25) is 0 Å². The van der Waals surface area contributed by atoms with Crippen molar-refractivity contribution in [3.05, 3.63) is 228 Å². The van der Waals surface area contributed by atoms with Crippen LogP contribution in [0.1, 0.15) is 45.2 Å². The summed E-state index contributed by atoms with van der Waals surface area (Å²) in [4.78, 5) is 0. The first-order valence-corrected chi connectivity index (χ1v) is 19.2. The molecule has 0 N–H and O–H groups in total. The van der Waals surface area contributed by atoms with Crippen molar-refractivity contribution in [1.29, 1.82) is 0 Å². The minimum absolute atomic E-state index is 0.0638. The van der Waals surface area contributed by atoms with Crippen LogP contribution in [0.15, 0.2) is 199 Å². The summed E-state index contributed by atoms with van der Waals surface area (Å²) in [6.45, 7) is 0. The zero-order valence-corrected chi connectivity index (χ0v) is 30.0. The van der Waals surface area contributed by atoms with Crippen LogP contribution in [0, 0.1) is 0 Å². The highest BCUT2D eigenvalue weighted by Gasteiger charge is 2.35. The zero-order valence-electron chi connectivity index (χ0n) is 30.0. The molecule has 2 aliphatic rings. The van der Waals surface area contributed by atoms with E-state index in [9.17, 15) is 0 Å². The van der Waals surface area contributed by atoms with E-state index in [2.05, 4.69) is 194 Å². The number of benzene rings is 9. The van der Waals surface area contributed by atoms with Crippen molar-refractivity contribution < 1.29 is 4.42 Å². The summed E-state index contributed by atoms with van der Waals surface area (Å²) in [7, 11) is 0. The van der Waals surface area contributed by atoms with E-state index in [0.29, 0.717) is 0 Å². The fourth-order valence-electron chi connectivity index (χ4n) is 9.68. The topological polar surface area (TPSA) is 13.1 Å². The summed E-state index contributed by atoms with van der Waals surface area (Å²) in [6.07, 6.45) is 0. The van der Waals surface area contributed by atoms with Crippen LogP contribution in [0.25, 0.3) is 77.2 Å². The lowest BCUT2D eigenvalue weighted by Crippen LogP contribution is -2.00. The quantitative estimate of drug-likeness (QED) is 0.178. The van der Waals surface area contributed by atoms with Gasteiger partial charge in [0.2, 0.25) is 0 Å². The van der Waals surface area contributed by atoms with E-state index in [4.69, 9.17) is 4.42 Å². The molecule has 0 saturated carbocycles. The second-order valence-corrected chi connectivity index (χ2v) is 15.2. The van der Waals surface area contributed by atoms with E-state index < -0.39 is 0 Å². The second kappa shape index (κ2) is 11.8. The Kier molecular flexibility index (Phi) is 6.53. The second-order valence-electron chi connectivity index (χ2n) is 15.2. The normalized spacial score (nSPS) is 15.3. The number of hydrogen-bond acceptors (Lipinski definition) is 1. The third-order valence-corrected chi connectivity index (χ3v) is 12.2. The lowest BCUT2D eigenvalue weighted by molar-refractivity contribution is 0.662. The predicted octanol–water partition coefficient (Wildman–Crippen LogP) is 14.4. The van der Waals surface area contributed by atoms with E-state index in [1.165, 1.54) is 94.0 Å². The molecule has 256 valence electrons. The van der Waals surface area contributed by atoms with Gasteiger partial charge in [-0.1, -0.05) is 170 Å². The highest BCUT2D eigenvalue weighted by Crippen LogP contribution is 2.54. The zero-order chi connectivity index (χ0) is 36.0. The van der Waals surface area contributed by atoms with Crippen molar-refractivity contribution in [2.24, 2.45) is 0 Å². The average molecular weight is 699 g/mol. The first-order chi connectivity index (χ1) is 27.3. The van der Waals surface area contributed by atoms with Gasteiger partial charge < -0.3 is 4.42 Å². The molecule has 0 bridgehead atoms. The largest absolute Gasteiger partial charge is 0.456 e. The van der Waals surface area contributed by atoms with Crippen molar-refractivity contribution >= 4 is 32.7 Å². The summed E-state index contributed by atoms with van der Waals surface area (Å²) in [5.41, 5.74) is 20.0. The van der Waals surface area contributed by atoms with Gasteiger partial charge in [0.15, 0.2) is 0 Å². The van der Waals surface area contributed by atoms with Crippen molar-refractivity contribution in [3.63, 3.8) is 0 Å². The molecular formula is C54H34O. The number of fused-ring (bicyclic) bond motifs is 11. The molecule has 10 aromatic rings. The fourth-order valence-corrected chi connectivity index (χ4v) is 9.68. The van der Waals surface area contributed by atoms with Crippen LogP contribution in [-0.4, -0.2) is 0 Å². The maximum absolute atomic E-state index is 6.74. The van der Waals surface area contributed by atoms with Gasteiger partial charge in [-0.05, 0) is 107 Å². The Labute approximate surface area is 319 Å². The molecule has 1 heteroatoms. The van der Waals surface area contributed by atoms with E-state index in [1.54, 1.807) is 0 Å². The van der Waals surface area contributed by atoms with Gasteiger partial charge in [0.1, 0.15) is 11.2 Å². The maximum Gasteiger partial charge on any atom is 0.140 e. The van der Waals surface area contributed by atoms with Gasteiger partial charge in [0.25, 0.3) is 0 Å². The molecule has 0 radical (unpaired) electrons. The monoisotopic (exact) mass is 698 g/mol. The van der Waals surface area contributed by atoms with Crippen molar-refractivity contribution in [3.8, 4) is 44.5 Å². The summed E-state index contributed by atoms with van der Waals surface area (Å²) < 4.78 is 6.74. The summed E-state index contributed by atoms with van der Waals surface area (Å²) in [5, 5.41) is 4.85. The Morgan fingerprint density at radius 1 is 0.327 bits per heavy atom. The minimum Gasteiger partial charge on any atom is -0.456 e. The number of hydrogen-bond donors (Lipinski definition) is 0. The molecule has 1 nitrogen and oxygen atoms in total. The molecule has 55 heavy (non-hydrogen) atoms. The molecule has 0 spiro atoms. The summed E-state index contributed by atoms with van der Waals surface area (Å²) in [5.74, 6) is 0.264. The van der Waals surface area contributed by atoms with Gasteiger partial charge in [0, 0.05) is 28.2 Å². The highest BCUT2D eigenvalue weighted by atomic mass is 16.3. The lowest BCUT2D eigenvalue weighted by Gasteiger charge is -2.16. The van der Waals surface area contributed by atoms with Gasteiger partial charge in [-0.25, -0.2) is 0 Å². The average Bonchev–Trinajstić information content (AvgIpc) is 3.91. The van der Waals surface area contributed by atoms with Crippen LogP contribution in [-0.2, 0) is 0 Å². The molecule has 0 aliphatic heterocycles. The fraction of sp³-hybridized carbons (Fsp3) is 0.0370. The van der Waals surface area contributed by atoms with Crippen molar-refractivity contribution in [2.75, 3.05) is 0 Å². The Hall–Kier alpha value is -6.96. The van der Waals surface area contributed by atoms with Crippen LogP contribution >= 0.6 is 0 Å². The molecule has 0 saturated heterocycles. The number of rotatable bonds is 4. The molecule has 1 heterocycles. The van der Waals surface area contributed by atoms with Crippen LogP contribution in [0.5, 0.6) is 0 Å². The van der Waals surface area contributed by atoms with E-state index in [1.807, 2.05) is 0 Å². The molecule has 2 atom stereocenters. The molecule has 2 unspecified atom stereocenters. The Bertz CT molecular complexity index is 3150. The Morgan fingerprint density at radius 2 is 0.945 bits per heavy atom. The highest BCUT2D eigenvalue weighted by molar-refractivity contribution is 6.09. The first-order valence-electron chi connectivity index (χ1n) is 19.2. The Balaban J connectivity index is 0.994. The van der Waals surface area contributed by atoms with Crippen molar-refractivity contribution in [2.45, 2.75) is 11.8 Å². The van der Waals surface area contributed by atoms with Crippen molar-refractivity contribution in [1.82, 2.24) is 0 Å². The summed E-state index contributed by atoms with van der Waals surface area (Å²) in [6, 6.07) is 71.6. The molecular weight excluding hydrogens is 665 g/mol. The third kappa shape index (κ3) is 4.60. The smallest absolute Gasteiger partial charge is 0.140 e.